The van der Waals surface area contributed by atoms with Gasteiger partial charge >= 0.3 is 0 Å². The first kappa shape index (κ1) is 13.1. The summed E-state index contributed by atoms with van der Waals surface area (Å²) in [4.78, 5) is 10.8. The molecule has 2 rings (SSSR count). The molecule has 5 heteroatoms. The molecule has 0 radical (unpaired) electrons. The maximum atomic E-state index is 5.75. The molecule has 0 saturated carbocycles. The Labute approximate surface area is 109 Å². The molecule has 2 heterocycles. The largest absolute Gasteiger partial charge is 0.476 e. The van der Waals surface area contributed by atoms with Crippen molar-refractivity contribution in [3.05, 3.63) is 12.3 Å². The molecular weight excluding hydrogens is 228 g/mol. The van der Waals surface area contributed by atoms with E-state index in [1.165, 1.54) is 12.8 Å². The van der Waals surface area contributed by atoms with Gasteiger partial charge in [0.15, 0.2) is 0 Å². The van der Waals surface area contributed by atoms with Gasteiger partial charge in [0.2, 0.25) is 11.8 Å². The highest BCUT2D eigenvalue weighted by atomic mass is 16.5. The lowest BCUT2D eigenvalue weighted by Gasteiger charge is -2.19. The summed E-state index contributed by atoms with van der Waals surface area (Å²) in [6.07, 6.45) is 4.19. The summed E-state index contributed by atoms with van der Waals surface area (Å²) in [7, 11) is 2.15. The van der Waals surface area contributed by atoms with Gasteiger partial charge in [-0.25, -0.2) is 4.98 Å². The van der Waals surface area contributed by atoms with E-state index in [0.29, 0.717) is 30.5 Å². The van der Waals surface area contributed by atoms with Crippen molar-refractivity contribution in [2.45, 2.75) is 38.8 Å². The molecule has 0 bridgehead atoms. The van der Waals surface area contributed by atoms with E-state index in [9.17, 15) is 0 Å². The summed E-state index contributed by atoms with van der Waals surface area (Å²) in [6.45, 7) is 5.99. The monoisotopic (exact) mass is 250 g/mol. The Bertz CT molecular complexity index is 383. The number of rotatable bonds is 5. The van der Waals surface area contributed by atoms with Gasteiger partial charge in [-0.05, 0) is 40.3 Å². The Balaban J connectivity index is 1.88. The standard InChI is InChI=1S/C13H22N4O/c1-10(2)15-13-14-7-6-12(16-13)18-9-11-5-4-8-17(11)3/h6-7,10-11H,4-5,8-9H2,1-3H3,(H,14,15,16). The first-order valence-electron chi connectivity index (χ1n) is 6.58. The van der Waals surface area contributed by atoms with Crippen LogP contribution < -0.4 is 10.1 Å². The molecule has 0 aromatic carbocycles. The van der Waals surface area contributed by atoms with Crippen LogP contribution in [0.25, 0.3) is 0 Å². The van der Waals surface area contributed by atoms with Gasteiger partial charge in [0.05, 0.1) is 0 Å². The van der Waals surface area contributed by atoms with Gasteiger partial charge < -0.3 is 15.0 Å². The minimum atomic E-state index is 0.321. The molecule has 1 aromatic heterocycles. The van der Waals surface area contributed by atoms with Gasteiger partial charge in [-0.15, -0.1) is 0 Å². The number of likely N-dealkylation sites (tertiary alicyclic amines) is 1. The van der Waals surface area contributed by atoms with Crippen LogP contribution in [0.1, 0.15) is 26.7 Å². The first-order chi connectivity index (χ1) is 8.65. The zero-order valence-corrected chi connectivity index (χ0v) is 11.4. The lowest BCUT2D eigenvalue weighted by atomic mass is 10.2. The molecule has 0 amide bonds. The Hall–Kier alpha value is -1.36. The van der Waals surface area contributed by atoms with E-state index in [-0.39, 0.29) is 0 Å². The van der Waals surface area contributed by atoms with Crippen LogP contribution in [0.15, 0.2) is 12.3 Å². The Morgan fingerprint density at radius 1 is 1.56 bits per heavy atom. The van der Waals surface area contributed by atoms with Gasteiger partial charge in [0.25, 0.3) is 0 Å². The number of aromatic nitrogens is 2. The molecule has 1 unspecified atom stereocenters. The second kappa shape index (κ2) is 6.00. The second-order valence-electron chi connectivity index (χ2n) is 5.11. The molecule has 18 heavy (non-hydrogen) atoms. The van der Waals surface area contributed by atoms with E-state index < -0.39 is 0 Å². The van der Waals surface area contributed by atoms with Crippen molar-refractivity contribution in [3.63, 3.8) is 0 Å². The number of ether oxygens (including phenoxy) is 1. The molecule has 1 aromatic rings. The maximum Gasteiger partial charge on any atom is 0.226 e. The van der Waals surface area contributed by atoms with Crippen LogP contribution in [0.2, 0.25) is 0 Å². The predicted octanol–water partition coefficient (Wildman–Crippen LogP) is 1.77. The van der Waals surface area contributed by atoms with Gasteiger partial charge in [-0.2, -0.15) is 4.98 Å². The molecule has 0 spiro atoms. The Kier molecular flexibility index (Phi) is 4.36. The predicted molar refractivity (Wildman–Crippen MR) is 71.9 cm³/mol. The second-order valence-corrected chi connectivity index (χ2v) is 5.11. The van der Waals surface area contributed by atoms with E-state index in [1.807, 2.05) is 0 Å². The van der Waals surface area contributed by atoms with Crippen molar-refractivity contribution in [1.29, 1.82) is 0 Å². The molecule has 1 aliphatic heterocycles. The van der Waals surface area contributed by atoms with Crippen molar-refractivity contribution in [3.8, 4) is 5.88 Å². The van der Waals surface area contributed by atoms with Crippen LogP contribution >= 0.6 is 0 Å². The lowest BCUT2D eigenvalue weighted by molar-refractivity contribution is 0.193. The van der Waals surface area contributed by atoms with E-state index in [0.717, 1.165) is 6.54 Å². The number of anilines is 1. The molecule has 1 saturated heterocycles. The third-order valence-corrected chi connectivity index (χ3v) is 3.14. The molecule has 100 valence electrons. The highest BCUT2D eigenvalue weighted by Gasteiger charge is 2.21. The van der Waals surface area contributed by atoms with Crippen LogP contribution in [-0.4, -0.2) is 47.2 Å². The smallest absolute Gasteiger partial charge is 0.226 e. The number of nitrogens with one attached hydrogen (secondary N) is 1. The Morgan fingerprint density at radius 2 is 2.39 bits per heavy atom. The van der Waals surface area contributed by atoms with Crippen LogP contribution in [0.4, 0.5) is 5.95 Å². The minimum Gasteiger partial charge on any atom is -0.476 e. The van der Waals surface area contributed by atoms with Crippen molar-refractivity contribution in [2.24, 2.45) is 0 Å². The average molecular weight is 250 g/mol. The van der Waals surface area contributed by atoms with Crippen molar-refractivity contribution >= 4 is 5.95 Å². The lowest BCUT2D eigenvalue weighted by Crippen LogP contribution is -2.30. The molecule has 1 fully saturated rings. The van der Waals surface area contributed by atoms with Crippen LogP contribution in [0.5, 0.6) is 5.88 Å². The summed E-state index contributed by atoms with van der Waals surface area (Å²) in [5, 5.41) is 3.17. The Morgan fingerprint density at radius 3 is 3.06 bits per heavy atom. The number of hydrogen-bond acceptors (Lipinski definition) is 5. The minimum absolute atomic E-state index is 0.321. The molecular formula is C13H22N4O. The molecule has 0 aliphatic carbocycles. The number of likely N-dealkylation sites (N-methyl/N-ethyl adjacent to an activating group) is 1. The molecule has 1 atom stereocenters. The summed E-state index contributed by atoms with van der Waals surface area (Å²) in [5.74, 6) is 1.27. The van der Waals surface area contributed by atoms with Gasteiger partial charge in [-0.3, -0.25) is 0 Å². The van der Waals surface area contributed by atoms with Crippen molar-refractivity contribution < 1.29 is 4.74 Å². The van der Waals surface area contributed by atoms with Crippen LogP contribution in [0, 0.1) is 0 Å². The van der Waals surface area contributed by atoms with Crippen molar-refractivity contribution in [1.82, 2.24) is 14.9 Å². The zero-order valence-electron chi connectivity index (χ0n) is 11.4. The highest BCUT2D eigenvalue weighted by Crippen LogP contribution is 2.16. The summed E-state index contributed by atoms with van der Waals surface area (Å²) < 4.78 is 5.75. The summed E-state index contributed by atoms with van der Waals surface area (Å²) in [5.41, 5.74) is 0. The first-order valence-corrected chi connectivity index (χ1v) is 6.58. The molecule has 1 aliphatic rings. The molecule has 5 nitrogen and oxygen atoms in total. The fraction of sp³-hybridized carbons (Fsp3) is 0.692. The van der Waals surface area contributed by atoms with E-state index in [2.05, 4.69) is 41.1 Å². The average Bonchev–Trinajstić information content (AvgIpc) is 2.72. The quantitative estimate of drug-likeness (QED) is 0.863. The number of hydrogen-bond donors (Lipinski definition) is 1. The maximum absolute atomic E-state index is 5.75. The van der Waals surface area contributed by atoms with Gasteiger partial charge in [-0.1, -0.05) is 0 Å². The fourth-order valence-corrected chi connectivity index (χ4v) is 2.12. The normalized spacial score (nSPS) is 20.3. The van der Waals surface area contributed by atoms with Gasteiger partial charge in [0.1, 0.15) is 6.61 Å². The third kappa shape index (κ3) is 3.57. The summed E-state index contributed by atoms with van der Waals surface area (Å²) in [6, 6.07) is 2.64. The number of nitrogens with zero attached hydrogens (tertiary/aromatic N) is 3. The summed E-state index contributed by atoms with van der Waals surface area (Å²) >= 11 is 0. The SMILES string of the molecule is CC(C)Nc1nccc(OCC2CCCN2C)n1. The third-order valence-electron chi connectivity index (χ3n) is 3.14. The highest BCUT2D eigenvalue weighted by molar-refractivity contribution is 5.28. The van der Waals surface area contributed by atoms with Crippen LogP contribution in [0.3, 0.4) is 0 Å². The molecule has 1 N–H and O–H groups in total. The topological polar surface area (TPSA) is 50.3 Å². The van der Waals surface area contributed by atoms with E-state index >= 15 is 0 Å². The van der Waals surface area contributed by atoms with Crippen LogP contribution in [-0.2, 0) is 0 Å². The van der Waals surface area contributed by atoms with E-state index in [4.69, 9.17) is 4.74 Å². The van der Waals surface area contributed by atoms with Gasteiger partial charge in [0, 0.05) is 24.3 Å². The van der Waals surface area contributed by atoms with Crippen molar-refractivity contribution in [2.75, 3.05) is 25.5 Å². The fourth-order valence-electron chi connectivity index (χ4n) is 2.12. The zero-order chi connectivity index (χ0) is 13.0. The van der Waals surface area contributed by atoms with E-state index in [1.54, 1.807) is 12.3 Å².